The molecule has 0 saturated carbocycles. The molecule has 0 atom stereocenters. The van der Waals surface area contributed by atoms with Crippen LogP contribution >= 0.6 is 0 Å². The van der Waals surface area contributed by atoms with Gasteiger partial charge in [0, 0.05) is 0 Å². The highest BCUT2D eigenvalue weighted by atomic mass is 16.2. The van der Waals surface area contributed by atoms with Gasteiger partial charge in [-0.2, -0.15) is 9.36 Å². The van der Waals surface area contributed by atoms with Gasteiger partial charge in [-0.1, -0.05) is 58.3 Å². The number of benzene rings is 3. The lowest BCUT2D eigenvalue weighted by molar-refractivity contribution is -0.589. The summed E-state index contributed by atoms with van der Waals surface area (Å²) in [5, 5.41) is 4.51. The Bertz CT molecular complexity index is 1020. The van der Waals surface area contributed by atoms with E-state index in [1.807, 2.05) is 84.9 Å². The fraction of sp³-hybridized carbons (Fsp3) is 0. The second kappa shape index (κ2) is 5.50. The number of hydrogen-bond acceptors (Lipinski definition) is 2. The summed E-state index contributed by atoms with van der Waals surface area (Å²) in [5.41, 5.74) is 2.92. The second-order valence-corrected chi connectivity index (χ2v) is 5.19. The van der Waals surface area contributed by atoms with Crippen LogP contribution in [-0.4, -0.2) is 9.78 Å². The van der Waals surface area contributed by atoms with Crippen LogP contribution in [0.4, 0.5) is 0 Å². The summed E-state index contributed by atoms with van der Waals surface area (Å²) in [6.07, 6.45) is 0. The highest BCUT2D eigenvalue weighted by Gasteiger charge is 2.20. The van der Waals surface area contributed by atoms with Crippen LogP contribution in [0, 0.1) is 0 Å². The largest absolute Gasteiger partial charge is 0.529 e. The van der Waals surface area contributed by atoms with Gasteiger partial charge in [-0.05, 0) is 36.4 Å². The molecule has 0 bridgehead atoms. The molecule has 0 radical (unpaired) electrons. The predicted molar refractivity (Wildman–Crippen MR) is 88.9 cm³/mol. The minimum absolute atomic E-state index is 0.193. The minimum atomic E-state index is -0.193. The van der Waals surface area contributed by atoms with Crippen molar-refractivity contribution >= 4 is 11.0 Å². The highest BCUT2D eigenvalue weighted by molar-refractivity contribution is 5.70. The van der Waals surface area contributed by atoms with E-state index in [-0.39, 0.29) is 5.69 Å². The molecule has 23 heavy (non-hydrogen) atoms. The highest BCUT2D eigenvalue weighted by Crippen LogP contribution is 2.09. The number of nitrogens with zero attached hydrogens (tertiary/aromatic N) is 3. The second-order valence-electron chi connectivity index (χ2n) is 5.19. The van der Waals surface area contributed by atoms with Gasteiger partial charge in [-0.25, -0.2) is 0 Å². The first-order chi connectivity index (χ1) is 11.3. The minimum Gasteiger partial charge on any atom is -0.194 e. The number of rotatable bonds is 2. The van der Waals surface area contributed by atoms with E-state index in [9.17, 15) is 4.79 Å². The Labute approximate surface area is 132 Å². The summed E-state index contributed by atoms with van der Waals surface area (Å²) in [6, 6.07) is 26.7. The third kappa shape index (κ3) is 2.30. The molecule has 3 aromatic carbocycles. The molecule has 0 fully saturated rings. The zero-order chi connectivity index (χ0) is 15.6. The van der Waals surface area contributed by atoms with Crippen LogP contribution in [0.2, 0.25) is 0 Å². The molecule has 0 aliphatic heterocycles. The Morgan fingerprint density at radius 3 is 2.09 bits per heavy atom. The van der Waals surface area contributed by atoms with Crippen molar-refractivity contribution in [2.45, 2.75) is 0 Å². The molecule has 0 saturated heterocycles. The van der Waals surface area contributed by atoms with Crippen LogP contribution in [0.25, 0.3) is 22.4 Å². The van der Waals surface area contributed by atoms with Gasteiger partial charge in [0.05, 0.1) is 0 Å². The Balaban J connectivity index is 2.12. The summed E-state index contributed by atoms with van der Waals surface area (Å²) in [5.74, 6) is 0. The first-order valence-electron chi connectivity index (χ1n) is 7.39. The van der Waals surface area contributed by atoms with E-state index in [1.165, 1.54) is 4.68 Å². The third-order valence-electron chi connectivity index (χ3n) is 3.72. The van der Waals surface area contributed by atoms with Gasteiger partial charge in [0.2, 0.25) is 0 Å². The van der Waals surface area contributed by atoms with E-state index in [1.54, 1.807) is 4.57 Å². The molecular formula is C19H14N3O+. The zero-order valence-corrected chi connectivity index (χ0v) is 12.3. The van der Waals surface area contributed by atoms with Gasteiger partial charge in [-0.15, -0.1) is 0 Å². The van der Waals surface area contributed by atoms with Crippen LogP contribution in [-0.2, 0) is 0 Å². The summed E-state index contributed by atoms with van der Waals surface area (Å²) in [4.78, 5) is 13.0. The fourth-order valence-electron chi connectivity index (χ4n) is 2.65. The maximum absolute atomic E-state index is 13.0. The van der Waals surface area contributed by atoms with Crippen molar-refractivity contribution in [3.05, 3.63) is 95.4 Å². The van der Waals surface area contributed by atoms with Gasteiger partial charge in [0.25, 0.3) is 0 Å². The Hall–Kier alpha value is -3.27. The zero-order valence-electron chi connectivity index (χ0n) is 12.3. The Kier molecular flexibility index (Phi) is 3.20. The predicted octanol–water partition coefficient (Wildman–Crippen LogP) is 2.66. The van der Waals surface area contributed by atoms with Crippen LogP contribution in [0.5, 0.6) is 0 Å². The smallest absolute Gasteiger partial charge is 0.194 e. The SMILES string of the molecule is O=c1n(-c2ccccc2)nc2ccccc2[n+]1-c1ccccc1. The molecule has 0 amide bonds. The molecule has 1 heterocycles. The van der Waals surface area contributed by atoms with E-state index >= 15 is 0 Å². The van der Waals surface area contributed by atoms with Gasteiger partial charge >= 0.3 is 5.69 Å². The number of hydrogen-bond donors (Lipinski definition) is 0. The molecule has 4 aromatic rings. The molecule has 110 valence electrons. The quantitative estimate of drug-likeness (QED) is 0.534. The van der Waals surface area contributed by atoms with Crippen molar-refractivity contribution in [1.82, 2.24) is 9.78 Å². The molecule has 0 aliphatic rings. The van der Waals surface area contributed by atoms with Crippen molar-refractivity contribution < 1.29 is 4.57 Å². The molecule has 0 spiro atoms. The lowest BCUT2D eigenvalue weighted by Gasteiger charge is -2.05. The number of aromatic nitrogens is 3. The molecule has 4 nitrogen and oxygen atoms in total. The average molecular weight is 300 g/mol. The lowest BCUT2D eigenvalue weighted by atomic mass is 10.2. The molecule has 0 unspecified atom stereocenters. The van der Waals surface area contributed by atoms with E-state index in [0.29, 0.717) is 0 Å². The van der Waals surface area contributed by atoms with Crippen LogP contribution in [0.1, 0.15) is 0 Å². The van der Waals surface area contributed by atoms with E-state index in [2.05, 4.69) is 5.10 Å². The van der Waals surface area contributed by atoms with Crippen molar-refractivity contribution in [2.75, 3.05) is 0 Å². The monoisotopic (exact) mass is 300 g/mol. The van der Waals surface area contributed by atoms with Gasteiger partial charge in [-0.3, -0.25) is 0 Å². The Morgan fingerprint density at radius 2 is 1.35 bits per heavy atom. The van der Waals surface area contributed by atoms with Gasteiger partial charge in [0.1, 0.15) is 5.69 Å². The van der Waals surface area contributed by atoms with Crippen molar-refractivity contribution in [3.8, 4) is 11.4 Å². The molecule has 1 aromatic heterocycles. The molecular weight excluding hydrogens is 286 g/mol. The van der Waals surface area contributed by atoms with Crippen LogP contribution < -0.4 is 10.3 Å². The summed E-state index contributed by atoms with van der Waals surface area (Å²) in [7, 11) is 0. The first-order valence-corrected chi connectivity index (χ1v) is 7.39. The van der Waals surface area contributed by atoms with E-state index < -0.39 is 0 Å². The van der Waals surface area contributed by atoms with E-state index in [4.69, 9.17) is 0 Å². The van der Waals surface area contributed by atoms with E-state index in [0.717, 1.165) is 22.4 Å². The molecule has 4 rings (SSSR count). The maximum Gasteiger partial charge on any atom is 0.529 e. The summed E-state index contributed by atoms with van der Waals surface area (Å²) in [6.45, 7) is 0. The standard InChI is InChI=1S/C19H14N3O/c23-19-21(15-9-3-1-4-10-15)18-14-8-7-13-17(18)20-22(19)16-11-5-2-6-12-16/h1-14H/q+1. The molecule has 0 aliphatic carbocycles. The van der Waals surface area contributed by atoms with Crippen LogP contribution in [0.3, 0.4) is 0 Å². The maximum atomic E-state index is 13.0. The molecule has 4 heteroatoms. The summed E-state index contributed by atoms with van der Waals surface area (Å²) >= 11 is 0. The van der Waals surface area contributed by atoms with Gasteiger partial charge in [0.15, 0.2) is 16.7 Å². The summed E-state index contributed by atoms with van der Waals surface area (Å²) < 4.78 is 3.13. The number of para-hydroxylation sites is 3. The fourth-order valence-corrected chi connectivity index (χ4v) is 2.65. The number of fused-ring (bicyclic) bond motifs is 1. The normalized spacial score (nSPS) is 10.8. The average Bonchev–Trinajstić information content (AvgIpc) is 2.63. The first kappa shape index (κ1) is 13.4. The van der Waals surface area contributed by atoms with Crippen LogP contribution in [0.15, 0.2) is 89.7 Å². The Morgan fingerprint density at radius 1 is 0.739 bits per heavy atom. The van der Waals surface area contributed by atoms with Crippen molar-refractivity contribution in [1.29, 1.82) is 0 Å². The third-order valence-corrected chi connectivity index (χ3v) is 3.72. The van der Waals surface area contributed by atoms with Crippen molar-refractivity contribution in [3.63, 3.8) is 0 Å². The lowest BCUT2D eigenvalue weighted by Crippen LogP contribution is -2.53. The van der Waals surface area contributed by atoms with Crippen molar-refractivity contribution in [2.24, 2.45) is 0 Å². The molecule has 0 N–H and O–H groups in total. The van der Waals surface area contributed by atoms with Gasteiger partial charge < -0.3 is 0 Å². The topological polar surface area (TPSA) is 38.8 Å².